The second kappa shape index (κ2) is 7.83. The first kappa shape index (κ1) is 20.3. The van der Waals surface area contributed by atoms with Crippen molar-refractivity contribution in [3.05, 3.63) is 34.5 Å². The van der Waals surface area contributed by atoms with Crippen molar-refractivity contribution in [2.24, 2.45) is 0 Å². The Bertz CT molecular complexity index is 1110. The van der Waals surface area contributed by atoms with Crippen molar-refractivity contribution in [3.63, 3.8) is 0 Å². The Morgan fingerprint density at radius 2 is 1.94 bits per heavy atom. The molecule has 1 aliphatic heterocycles. The largest absolute Gasteiger partial charge is 0.474 e. The highest BCUT2D eigenvalue weighted by Gasteiger charge is 2.32. The average Bonchev–Trinajstić information content (AvgIpc) is 3.46. The van der Waals surface area contributed by atoms with Gasteiger partial charge in [-0.3, -0.25) is 0 Å². The van der Waals surface area contributed by atoms with E-state index in [9.17, 15) is 13.2 Å². The highest BCUT2D eigenvalue weighted by molar-refractivity contribution is 7.90. The normalized spacial score (nSPS) is 19.3. The maximum Gasteiger partial charge on any atom is 0.333 e. The van der Waals surface area contributed by atoms with Gasteiger partial charge in [0, 0.05) is 12.3 Å². The summed E-state index contributed by atoms with van der Waals surface area (Å²) in [6.45, 7) is 3.04. The van der Waals surface area contributed by atoms with Gasteiger partial charge in [-0.2, -0.15) is 5.10 Å². The van der Waals surface area contributed by atoms with Crippen molar-refractivity contribution < 1.29 is 22.7 Å². The van der Waals surface area contributed by atoms with E-state index in [1.807, 2.05) is 6.92 Å². The molecule has 0 bridgehead atoms. The number of hydrogen-bond donors (Lipinski definition) is 2. The topological polar surface area (TPSA) is 112 Å². The number of nitrogens with one attached hydrogen (secondary N) is 2. The molecule has 2 aliphatic carbocycles. The molecular formula is C21H26N4O5S. The number of urea groups is 1. The van der Waals surface area contributed by atoms with Crippen LogP contribution in [-0.4, -0.2) is 43.5 Å². The standard InChI is InChI=1S/C21H26N4O5S/c1-2-29-15-11-25-20(30-12-15)18(10-22-25)31(27,28)24-21(26)23-19-16-7-3-5-13(16)9-14-6-4-8-17(14)19/h9-10,15H,2-8,11-12H2,1H3,(H2,23,24,26)/t15-/m0/s1. The smallest absolute Gasteiger partial charge is 0.333 e. The Labute approximate surface area is 181 Å². The number of carbonyl (C=O) groups is 1. The van der Waals surface area contributed by atoms with Crippen molar-refractivity contribution in [2.45, 2.75) is 63.0 Å². The van der Waals surface area contributed by atoms with Crippen LogP contribution < -0.4 is 14.8 Å². The molecule has 0 spiro atoms. The zero-order valence-corrected chi connectivity index (χ0v) is 18.3. The molecule has 2 amide bonds. The fourth-order valence-corrected chi connectivity index (χ4v) is 5.84. The summed E-state index contributed by atoms with van der Waals surface area (Å²) in [4.78, 5) is 12.6. The van der Waals surface area contributed by atoms with E-state index in [0.717, 1.165) is 55.3 Å². The van der Waals surface area contributed by atoms with Crippen molar-refractivity contribution >= 4 is 21.7 Å². The number of aromatic nitrogens is 2. The Balaban J connectivity index is 1.36. The Morgan fingerprint density at radius 3 is 2.61 bits per heavy atom. The lowest BCUT2D eigenvalue weighted by atomic mass is 9.99. The summed E-state index contributed by atoms with van der Waals surface area (Å²) >= 11 is 0. The Morgan fingerprint density at radius 1 is 1.23 bits per heavy atom. The molecule has 0 unspecified atom stereocenters. The molecular weight excluding hydrogens is 420 g/mol. The lowest BCUT2D eigenvalue weighted by molar-refractivity contribution is -0.00761. The quantitative estimate of drug-likeness (QED) is 0.728. The molecule has 9 nitrogen and oxygen atoms in total. The van der Waals surface area contributed by atoms with Crippen LogP contribution in [0.4, 0.5) is 10.5 Å². The van der Waals surface area contributed by atoms with Crippen LogP contribution in [0.1, 0.15) is 42.0 Å². The van der Waals surface area contributed by atoms with Crippen LogP contribution in [-0.2, 0) is 47.0 Å². The molecule has 2 aromatic rings. The predicted octanol–water partition coefficient (Wildman–Crippen LogP) is 2.17. The number of ether oxygens (including phenoxy) is 2. The maximum atomic E-state index is 12.9. The number of fused-ring (bicyclic) bond motifs is 3. The maximum absolute atomic E-state index is 12.9. The van der Waals surface area contributed by atoms with E-state index in [1.165, 1.54) is 22.0 Å². The van der Waals surface area contributed by atoms with E-state index in [2.05, 4.69) is 21.2 Å². The van der Waals surface area contributed by atoms with E-state index in [0.29, 0.717) is 13.2 Å². The number of aryl methyl sites for hydroxylation is 2. The molecule has 2 N–H and O–H groups in total. The molecule has 5 rings (SSSR count). The van der Waals surface area contributed by atoms with Gasteiger partial charge in [-0.15, -0.1) is 0 Å². The van der Waals surface area contributed by atoms with Crippen LogP contribution in [0.5, 0.6) is 5.88 Å². The van der Waals surface area contributed by atoms with Gasteiger partial charge >= 0.3 is 6.03 Å². The fourth-order valence-electron chi connectivity index (χ4n) is 4.85. The molecule has 0 fully saturated rings. The zero-order chi connectivity index (χ0) is 21.6. The number of anilines is 1. The second-order valence-electron chi connectivity index (χ2n) is 8.18. The summed E-state index contributed by atoms with van der Waals surface area (Å²) in [5.74, 6) is 0.123. The number of benzene rings is 1. The molecule has 0 saturated heterocycles. The van der Waals surface area contributed by atoms with Gasteiger partial charge in [0.1, 0.15) is 12.7 Å². The van der Waals surface area contributed by atoms with E-state index in [-0.39, 0.29) is 23.5 Å². The van der Waals surface area contributed by atoms with Crippen molar-refractivity contribution in [3.8, 4) is 5.88 Å². The van der Waals surface area contributed by atoms with E-state index in [1.54, 1.807) is 0 Å². The monoisotopic (exact) mass is 446 g/mol. The summed E-state index contributed by atoms with van der Waals surface area (Å²) in [5.41, 5.74) is 5.61. The third-order valence-electron chi connectivity index (χ3n) is 6.17. The first-order valence-corrected chi connectivity index (χ1v) is 12.2. The molecule has 3 aliphatic rings. The first-order valence-electron chi connectivity index (χ1n) is 10.8. The van der Waals surface area contributed by atoms with E-state index >= 15 is 0 Å². The van der Waals surface area contributed by atoms with Gasteiger partial charge in [-0.25, -0.2) is 22.6 Å². The van der Waals surface area contributed by atoms with Crippen LogP contribution in [0.15, 0.2) is 17.2 Å². The molecule has 1 atom stereocenters. The van der Waals surface area contributed by atoms with Crippen molar-refractivity contribution in [1.82, 2.24) is 14.5 Å². The van der Waals surface area contributed by atoms with Gasteiger partial charge in [0.15, 0.2) is 4.90 Å². The van der Waals surface area contributed by atoms with Crippen LogP contribution >= 0.6 is 0 Å². The SMILES string of the molecule is CCO[C@@H]1COc2c(S(=O)(=O)NC(=O)Nc3c4c(cc5c3CCC5)CCC4)cnn2C1. The molecule has 1 aromatic carbocycles. The molecule has 0 radical (unpaired) electrons. The number of sulfonamides is 1. The Hall–Kier alpha value is -2.59. The van der Waals surface area contributed by atoms with Crippen molar-refractivity contribution in [2.75, 3.05) is 18.5 Å². The van der Waals surface area contributed by atoms with E-state index < -0.39 is 16.1 Å². The number of hydrogen-bond acceptors (Lipinski definition) is 6. The third-order valence-corrected chi connectivity index (χ3v) is 7.49. The minimum atomic E-state index is -4.15. The van der Waals surface area contributed by atoms with Gasteiger partial charge < -0.3 is 14.8 Å². The first-order chi connectivity index (χ1) is 15.0. The number of amides is 2. The Kier molecular flexibility index (Phi) is 5.13. The molecule has 166 valence electrons. The molecule has 1 aromatic heterocycles. The van der Waals surface area contributed by atoms with Crippen LogP contribution in [0, 0.1) is 0 Å². The summed E-state index contributed by atoms with van der Waals surface area (Å²) in [7, 11) is -4.15. The number of rotatable bonds is 5. The van der Waals surface area contributed by atoms with Gasteiger partial charge in [0.25, 0.3) is 10.0 Å². The molecule has 2 heterocycles. The van der Waals surface area contributed by atoms with Crippen LogP contribution in [0.3, 0.4) is 0 Å². The van der Waals surface area contributed by atoms with Crippen LogP contribution in [0.2, 0.25) is 0 Å². The number of nitrogens with zero attached hydrogens (tertiary/aromatic N) is 2. The van der Waals surface area contributed by atoms with Crippen LogP contribution in [0.25, 0.3) is 0 Å². The molecule has 31 heavy (non-hydrogen) atoms. The second-order valence-corrected chi connectivity index (χ2v) is 9.83. The van der Waals surface area contributed by atoms with Gasteiger partial charge in [-0.05, 0) is 67.7 Å². The highest BCUT2D eigenvalue weighted by Crippen LogP contribution is 2.38. The average molecular weight is 447 g/mol. The van der Waals surface area contributed by atoms with Crippen molar-refractivity contribution in [1.29, 1.82) is 0 Å². The summed E-state index contributed by atoms with van der Waals surface area (Å²) in [6, 6.07) is 1.49. The minimum Gasteiger partial charge on any atom is -0.474 e. The summed E-state index contributed by atoms with van der Waals surface area (Å²) in [5, 5.41) is 6.95. The van der Waals surface area contributed by atoms with Gasteiger partial charge in [-0.1, -0.05) is 6.07 Å². The molecule has 0 saturated carbocycles. The lowest BCUT2D eigenvalue weighted by Crippen LogP contribution is -2.36. The summed E-state index contributed by atoms with van der Waals surface area (Å²) in [6.07, 6.45) is 6.92. The van der Waals surface area contributed by atoms with Gasteiger partial charge in [0.2, 0.25) is 5.88 Å². The highest BCUT2D eigenvalue weighted by atomic mass is 32.2. The van der Waals surface area contributed by atoms with E-state index in [4.69, 9.17) is 9.47 Å². The predicted molar refractivity (Wildman–Crippen MR) is 113 cm³/mol. The summed E-state index contributed by atoms with van der Waals surface area (Å²) < 4.78 is 40.5. The molecule has 10 heteroatoms. The number of carbonyl (C=O) groups excluding carboxylic acids is 1. The lowest BCUT2D eigenvalue weighted by Gasteiger charge is -2.24. The third kappa shape index (κ3) is 3.67. The zero-order valence-electron chi connectivity index (χ0n) is 17.4. The minimum absolute atomic E-state index is 0.123. The fraction of sp³-hybridized carbons (Fsp3) is 0.524. The van der Waals surface area contributed by atoms with Gasteiger partial charge in [0.05, 0.1) is 12.7 Å².